The molecule has 0 aliphatic carbocycles. The molecule has 0 bridgehead atoms. The van der Waals surface area contributed by atoms with Gasteiger partial charge in [-0.15, -0.1) is 0 Å². The molecule has 0 aromatic heterocycles. The highest BCUT2D eigenvalue weighted by Gasteiger charge is 2.27. The molecule has 0 spiro atoms. The second-order valence-electron chi connectivity index (χ2n) is 4.17. The summed E-state index contributed by atoms with van der Waals surface area (Å²) in [7, 11) is 1.82. The minimum absolute atomic E-state index is 0.00801. The average Bonchev–Trinajstić information content (AvgIpc) is 2.14. The van der Waals surface area contributed by atoms with Crippen LogP contribution in [0.15, 0.2) is 0 Å². The highest BCUT2D eigenvalue weighted by molar-refractivity contribution is 5.78. The summed E-state index contributed by atoms with van der Waals surface area (Å²) in [4.78, 5) is 25.7. The fourth-order valence-electron chi connectivity index (χ4n) is 1.72. The summed E-state index contributed by atoms with van der Waals surface area (Å²) in [5, 5.41) is 0. The van der Waals surface area contributed by atoms with E-state index in [1.165, 1.54) is 0 Å². The van der Waals surface area contributed by atoms with E-state index in [0.717, 1.165) is 12.8 Å². The van der Waals surface area contributed by atoms with Crippen LogP contribution in [-0.4, -0.2) is 54.7 Å². The van der Waals surface area contributed by atoms with Crippen LogP contribution in [0.5, 0.6) is 0 Å². The van der Waals surface area contributed by atoms with E-state index >= 15 is 0 Å². The maximum absolute atomic E-state index is 11.4. The Labute approximate surface area is 84.9 Å². The molecular weight excluding hydrogens is 180 g/mol. The van der Waals surface area contributed by atoms with Crippen LogP contribution in [-0.2, 0) is 9.59 Å². The summed E-state index contributed by atoms with van der Waals surface area (Å²) in [6, 6.07) is 0.347. The predicted molar refractivity (Wildman–Crippen MR) is 53.9 cm³/mol. The van der Waals surface area contributed by atoms with Crippen molar-refractivity contribution in [2.75, 3.05) is 26.7 Å². The van der Waals surface area contributed by atoms with Crippen LogP contribution in [0.1, 0.15) is 13.8 Å². The minimum atomic E-state index is 0.00801. The van der Waals surface area contributed by atoms with Gasteiger partial charge in [0.2, 0.25) is 5.91 Å². The minimum Gasteiger partial charge on any atom is -0.343 e. The Morgan fingerprint density at radius 2 is 2.29 bits per heavy atom. The quantitative estimate of drug-likeness (QED) is 0.599. The second kappa shape index (κ2) is 4.55. The molecule has 0 saturated carbocycles. The molecule has 1 fully saturated rings. The van der Waals surface area contributed by atoms with Gasteiger partial charge in [-0.25, -0.2) is 0 Å². The average molecular weight is 198 g/mol. The van der Waals surface area contributed by atoms with Gasteiger partial charge in [0, 0.05) is 32.1 Å². The lowest BCUT2D eigenvalue weighted by molar-refractivity contribution is -0.137. The van der Waals surface area contributed by atoms with Crippen LogP contribution in [0.2, 0.25) is 0 Å². The summed E-state index contributed by atoms with van der Waals surface area (Å²) in [5.74, 6) is 0.148. The van der Waals surface area contributed by atoms with E-state index in [1.54, 1.807) is 4.90 Å². The Kier molecular flexibility index (Phi) is 3.63. The zero-order chi connectivity index (χ0) is 10.7. The highest BCUT2D eigenvalue weighted by atomic mass is 16.2. The number of piperazine rings is 1. The van der Waals surface area contributed by atoms with Gasteiger partial charge in [0.1, 0.15) is 6.29 Å². The van der Waals surface area contributed by atoms with Crippen LogP contribution in [0.3, 0.4) is 0 Å². The first-order chi connectivity index (χ1) is 6.54. The normalized spacial score (nSPS) is 26.4. The summed E-state index contributed by atoms with van der Waals surface area (Å²) in [5.41, 5.74) is 0. The van der Waals surface area contributed by atoms with Gasteiger partial charge >= 0.3 is 0 Å². The number of hydrogen-bond acceptors (Lipinski definition) is 3. The van der Waals surface area contributed by atoms with E-state index < -0.39 is 0 Å². The molecule has 4 nitrogen and oxygen atoms in total. The molecule has 0 radical (unpaired) electrons. The first kappa shape index (κ1) is 11.2. The first-order valence-corrected chi connectivity index (χ1v) is 4.98. The number of carbonyl (C=O) groups excluding carboxylic acids is 2. The predicted octanol–water partition coefficient (Wildman–Crippen LogP) is -0.0161. The van der Waals surface area contributed by atoms with Gasteiger partial charge in [0.25, 0.3) is 0 Å². The number of rotatable bonds is 3. The lowest BCUT2D eigenvalue weighted by Crippen LogP contribution is -2.54. The van der Waals surface area contributed by atoms with Crippen molar-refractivity contribution >= 4 is 12.2 Å². The maximum atomic E-state index is 11.4. The standard InChI is InChI=1S/C10H18N2O2/c1-8(7-13)4-12-6-10(14)11(3)5-9(12)2/h7-9H,4-6H2,1-3H3. The second-order valence-corrected chi connectivity index (χ2v) is 4.17. The van der Waals surface area contributed by atoms with Gasteiger partial charge in [-0.2, -0.15) is 0 Å². The molecule has 4 heteroatoms. The lowest BCUT2D eigenvalue weighted by Gasteiger charge is -2.38. The van der Waals surface area contributed by atoms with Crippen molar-refractivity contribution in [3.63, 3.8) is 0 Å². The molecule has 1 aliphatic rings. The molecule has 2 atom stereocenters. The van der Waals surface area contributed by atoms with Gasteiger partial charge in [-0.05, 0) is 6.92 Å². The van der Waals surface area contributed by atoms with E-state index in [2.05, 4.69) is 11.8 Å². The van der Waals surface area contributed by atoms with Crippen molar-refractivity contribution < 1.29 is 9.59 Å². The summed E-state index contributed by atoms with van der Waals surface area (Å²) >= 11 is 0. The Balaban J connectivity index is 2.52. The third-order valence-electron chi connectivity index (χ3n) is 2.68. The number of amides is 1. The van der Waals surface area contributed by atoms with Gasteiger partial charge < -0.3 is 9.69 Å². The molecule has 2 unspecified atom stereocenters. The van der Waals surface area contributed by atoms with E-state index in [0.29, 0.717) is 19.1 Å². The van der Waals surface area contributed by atoms with Gasteiger partial charge in [-0.1, -0.05) is 6.92 Å². The molecule has 1 heterocycles. The van der Waals surface area contributed by atoms with E-state index in [-0.39, 0.29) is 11.8 Å². The molecular formula is C10H18N2O2. The van der Waals surface area contributed by atoms with Crippen molar-refractivity contribution in [2.24, 2.45) is 5.92 Å². The molecule has 1 rings (SSSR count). The summed E-state index contributed by atoms with van der Waals surface area (Å²) < 4.78 is 0. The molecule has 14 heavy (non-hydrogen) atoms. The third-order valence-corrected chi connectivity index (χ3v) is 2.68. The smallest absolute Gasteiger partial charge is 0.236 e. The Hall–Kier alpha value is -0.900. The number of aldehydes is 1. The van der Waals surface area contributed by atoms with Crippen molar-refractivity contribution in [1.29, 1.82) is 0 Å². The van der Waals surface area contributed by atoms with Crippen LogP contribution in [0.25, 0.3) is 0 Å². The van der Waals surface area contributed by atoms with Crippen molar-refractivity contribution in [1.82, 2.24) is 9.80 Å². The number of likely N-dealkylation sites (N-methyl/N-ethyl adjacent to an activating group) is 1. The van der Waals surface area contributed by atoms with E-state index in [4.69, 9.17) is 0 Å². The van der Waals surface area contributed by atoms with Gasteiger partial charge in [-0.3, -0.25) is 9.69 Å². The fraction of sp³-hybridized carbons (Fsp3) is 0.800. The highest BCUT2D eigenvalue weighted by Crippen LogP contribution is 2.10. The SMILES string of the molecule is CC(C=O)CN1CC(=O)N(C)CC1C. The fourth-order valence-corrected chi connectivity index (χ4v) is 1.72. The number of carbonyl (C=O) groups is 2. The van der Waals surface area contributed by atoms with Crippen molar-refractivity contribution in [2.45, 2.75) is 19.9 Å². The van der Waals surface area contributed by atoms with Crippen LogP contribution >= 0.6 is 0 Å². The zero-order valence-corrected chi connectivity index (χ0v) is 9.06. The molecule has 0 N–H and O–H groups in total. The Morgan fingerprint density at radius 1 is 1.64 bits per heavy atom. The topological polar surface area (TPSA) is 40.6 Å². The van der Waals surface area contributed by atoms with Crippen molar-refractivity contribution in [3.8, 4) is 0 Å². The molecule has 1 amide bonds. The Morgan fingerprint density at radius 3 is 2.86 bits per heavy atom. The Bertz CT molecular complexity index is 230. The maximum Gasteiger partial charge on any atom is 0.236 e. The first-order valence-electron chi connectivity index (χ1n) is 4.98. The van der Waals surface area contributed by atoms with E-state index in [9.17, 15) is 9.59 Å². The van der Waals surface area contributed by atoms with Crippen molar-refractivity contribution in [3.05, 3.63) is 0 Å². The molecule has 80 valence electrons. The van der Waals surface area contributed by atoms with Crippen LogP contribution in [0.4, 0.5) is 0 Å². The van der Waals surface area contributed by atoms with Crippen LogP contribution in [0, 0.1) is 5.92 Å². The third kappa shape index (κ3) is 2.54. The van der Waals surface area contributed by atoms with Gasteiger partial charge in [0.15, 0.2) is 0 Å². The van der Waals surface area contributed by atoms with E-state index in [1.807, 2.05) is 14.0 Å². The number of nitrogens with zero attached hydrogens (tertiary/aromatic N) is 2. The lowest BCUT2D eigenvalue weighted by atomic mass is 10.1. The van der Waals surface area contributed by atoms with Crippen LogP contribution < -0.4 is 0 Å². The molecule has 1 saturated heterocycles. The molecule has 0 aromatic carbocycles. The molecule has 1 aliphatic heterocycles. The summed E-state index contributed by atoms with van der Waals surface area (Å²) in [6.07, 6.45) is 0.940. The largest absolute Gasteiger partial charge is 0.343 e. The monoisotopic (exact) mass is 198 g/mol. The zero-order valence-electron chi connectivity index (χ0n) is 9.06. The molecule has 0 aromatic rings. The number of hydrogen-bond donors (Lipinski definition) is 0. The van der Waals surface area contributed by atoms with Gasteiger partial charge in [0.05, 0.1) is 6.54 Å². The summed E-state index contributed by atoms with van der Waals surface area (Å²) in [6.45, 7) is 5.84.